The topological polar surface area (TPSA) is 49.7 Å². The standard InChI is InChI=1S/C24H43O3PS/c1-3-5-7-9-11-13-15-18-22-19-17-21-24(27-28(25,26)29)23(22)20-16-14-12-10-8-6-4-2/h17,19,21H,3-16,18,20H2,1-2H3,(H2,25,26,29). The van der Waals surface area contributed by atoms with Crippen molar-refractivity contribution < 1.29 is 14.3 Å². The van der Waals surface area contributed by atoms with Crippen molar-refractivity contribution in [3.8, 4) is 5.75 Å². The zero-order valence-electron chi connectivity index (χ0n) is 18.7. The van der Waals surface area contributed by atoms with Crippen molar-refractivity contribution in [2.75, 3.05) is 0 Å². The van der Waals surface area contributed by atoms with Gasteiger partial charge in [0.25, 0.3) is 0 Å². The van der Waals surface area contributed by atoms with Crippen LogP contribution in [0.2, 0.25) is 0 Å². The fraction of sp³-hybridized carbons (Fsp3) is 0.750. The Morgan fingerprint density at radius 3 is 1.72 bits per heavy atom. The lowest BCUT2D eigenvalue weighted by Crippen LogP contribution is -2.01. The third-order valence-electron chi connectivity index (χ3n) is 5.53. The van der Waals surface area contributed by atoms with E-state index in [0.29, 0.717) is 5.75 Å². The molecule has 0 aliphatic carbocycles. The minimum absolute atomic E-state index is 0.574. The quantitative estimate of drug-likeness (QED) is 0.179. The molecule has 0 saturated heterocycles. The zero-order valence-corrected chi connectivity index (χ0v) is 20.4. The van der Waals surface area contributed by atoms with Gasteiger partial charge in [-0.25, -0.2) is 0 Å². The average Bonchev–Trinajstić information content (AvgIpc) is 2.67. The minimum Gasteiger partial charge on any atom is -0.424 e. The molecule has 1 aromatic carbocycles. The van der Waals surface area contributed by atoms with E-state index in [9.17, 15) is 9.79 Å². The summed E-state index contributed by atoms with van der Waals surface area (Å²) in [6.07, 6.45) is 19.8. The second-order valence-electron chi connectivity index (χ2n) is 8.22. The first-order valence-electron chi connectivity index (χ1n) is 11.8. The van der Waals surface area contributed by atoms with E-state index in [0.717, 1.165) is 24.8 Å². The van der Waals surface area contributed by atoms with Gasteiger partial charge in [-0.05, 0) is 42.9 Å². The molecular weight excluding hydrogens is 399 g/mol. The van der Waals surface area contributed by atoms with Crippen molar-refractivity contribution in [1.29, 1.82) is 0 Å². The van der Waals surface area contributed by atoms with Crippen molar-refractivity contribution >= 4 is 18.5 Å². The van der Waals surface area contributed by atoms with Gasteiger partial charge in [0.1, 0.15) is 5.75 Å². The molecular formula is C24H43O3PS. The van der Waals surface area contributed by atoms with Crippen LogP contribution < -0.4 is 4.52 Å². The van der Waals surface area contributed by atoms with Crippen LogP contribution in [0.4, 0.5) is 0 Å². The fourth-order valence-electron chi connectivity index (χ4n) is 3.87. The van der Waals surface area contributed by atoms with Gasteiger partial charge in [0, 0.05) is 11.8 Å². The van der Waals surface area contributed by atoms with Gasteiger partial charge in [0.2, 0.25) is 0 Å². The highest BCUT2D eigenvalue weighted by atomic mass is 32.5. The SMILES string of the molecule is CCCCCCCCCc1cccc(OP(O)(O)=S)c1CCCCCCCCC. The second-order valence-corrected chi connectivity index (χ2v) is 10.8. The Hall–Kier alpha value is -0.410. The predicted molar refractivity (Wildman–Crippen MR) is 129 cm³/mol. The Morgan fingerprint density at radius 2 is 1.21 bits per heavy atom. The third-order valence-corrected chi connectivity index (χ3v) is 6.19. The molecule has 1 rings (SSSR count). The summed E-state index contributed by atoms with van der Waals surface area (Å²) in [4.78, 5) is 19.3. The molecule has 0 heterocycles. The molecule has 0 amide bonds. The largest absolute Gasteiger partial charge is 0.424 e. The van der Waals surface area contributed by atoms with Crippen molar-refractivity contribution in [2.24, 2.45) is 0 Å². The molecule has 1 aromatic rings. The van der Waals surface area contributed by atoms with Crippen LogP contribution >= 0.6 is 6.72 Å². The maximum Gasteiger partial charge on any atom is 0.375 e. The molecule has 29 heavy (non-hydrogen) atoms. The van der Waals surface area contributed by atoms with Gasteiger partial charge in [-0.15, -0.1) is 0 Å². The number of rotatable bonds is 18. The van der Waals surface area contributed by atoms with E-state index in [4.69, 9.17) is 16.3 Å². The van der Waals surface area contributed by atoms with E-state index in [1.54, 1.807) is 0 Å². The lowest BCUT2D eigenvalue weighted by Gasteiger charge is -2.17. The Kier molecular flexibility index (Phi) is 15.0. The molecule has 3 nitrogen and oxygen atoms in total. The Balaban J connectivity index is 2.58. The molecule has 5 heteroatoms. The van der Waals surface area contributed by atoms with Gasteiger partial charge in [-0.2, -0.15) is 0 Å². The molecule has 0 unspecified atom stereocenters. The molecule has 0 aliphatic rings. The van der Waals surface area contributed by atoms with E-state index in [1.807, 2.05) is 12.1 Å². The maximum atomic E-state index is 9.65. The van der Waals surface area contributed by atoms with Gasteiger partial charge < -0.3 is 14.3 Å². The summed E-state index contributed by atoms with van der Waals surface area (Å²) in [5.74, 6) is 0.574. The van der Waals surface area contributed by atoms with Crippen LogP contribution in [0.5, 0.6) is 5.75 Å². The second kappa shape index (κ2) is 16.3. The van der Waals surface area contributed by atoms with Crippen LogP contribution in [-0.4, -0.2) is 9.79 Å². The van der Waals surface area contributed by atoms with Crippen LogP contribution in [0.1, 0.15) is 115 Å². The highest BCUT2D eigenvalue weighted by Crippen LogP contribution is 2.41. The highest BCUT2D eigenvalue weighted by molar-refractivity contribution is 8.06. The minimum atomic E-state index is -3.71. The first-order valence-corrected chi connectivity index (χ1v) is 14.5. The Morgan fingerprint density at radius 1 is 0.724 bits per heavy atom. The van der Waals surface area contributed by atoms with Gasteiger partial charge in [-0.1, -0.05) is 103 Å². The highest BCUT2D eigenvalue weighted by Gasteiger charge is 2.16. The Labute approximate surface area is 184 Å². The van der Waals surface area contributed by atoms with E-state index < -0.39 is 6.72 Å². The van der Waals surface area contributed by atoms with Gasteiger partial charge >= 0.3 is 6.72 Å². The first kappa shape index (κ1) is 26.6. The smallest absolute Gasteiger partial charge is 0.375 e. The van der Waals surface area contributed by atoms with Crippen LogP contribution in [0.15, 0.2) is 18.2 Å². The molecule has 0 aliphatic heterocycles. The van der Waals surface area contributed by atoms with Crippen molar-refractivity contribution in [2.45, 2.75) is 117 Å². The van der Waals surface area contributed by atoms with Crippen LogP contribution in [-0.2, 0) is 24.6 Å². The first-order chi connectivity index (χ1) is 14.0. The summed E-state index contributed by atoms with van der Waals surface area (Å²) in [6, 6.07) is 5.95. The van der Waals surface area contributed by atoms with Crippen LogP contribution in [0, 0.1) is 0 Å². The number of unbranched alkanes of at least 4 members (excludes halogenated alkanes) is 12. The molecule has 0 fully saturated rings. The molecule has 0 spiro atoms. The maximum absolute atomic E-state index is 9.65. The van der Waals surface area contributed by atoms with Crippen molar-refractivity contribution in [3.63, 3.8) is 0 Å². The predicted octanol–water partition coefficient (Wildman–Crippen LogP) is 7.86. The molecule has 0 aromatic heterocycles. The van der Waals surface area contributed by atoms with E-state index >= 15 is 0 Å². The van der Waals surface area contributed by atoms with Crippen molar-refractivity contribution in [1.82, 2.24) is 0 Å². The summed E-state index contributed by atoms with van der Waals surface area (Å²) in [7, 11) is 0. The molecule has 2 N–H and O–H groups in total. The molecule has 0 atom stereocenters. The molecule has 0 radical (unpaired) electrons. The molecule has 0 saturated carbocycles. The Bertz CT molecular complexity index is 585. The van der Waals surface area contributed by atoms with E-state index in [-0.39, 0.29) is 0 Å². The number of aryl methyl sites for hydroxylation is 1. The average molecular weight is 443 g/mol. The van der Waals surface area contributed by atoms with E-state index in [2.05, 4.69) is 19.9 Å². The summed E-state index contributed by atoms with van der Waals surface area (Å²) in [5, 5.41) is 0. The summed E-state index contributed by atoms with van der Waals surface area (Å²) >= 11 is 4.72. The lowest BCUT2D eigenvalue weighted by atomic mass is 9.95. The van der Waals surface area contributed by atoms with Gasteiger partial charge in [0.05, 0.1) is 0 Å². The lowest BCUT2D eigenvalue weighted by molar-refractivity contribution is 0.368. The number of hydrogen-bond acceptors (Lipinski definition) is 2. The van der Waals surface area contributed by atoms with Crippen molar-refractivity contribution in [3.05, 3.63) is 29.3 Å². The van der Waals surface area contributed by atoms with Gasteiger partial charge in [-0.3, -0.25) is 0 Å². The third kappa shape index (κ3) is 13.5. The summed E-state index contributed by atoms with van der Waals surface area (Å²) in [5.41, 5.74) is 2.41. The monoisotopic (exact) mass is 442 g/mol. The number of hydrogen-bond donors (Lipinski definition) is 2. The fourth-order valence-corrected chi connectivity index (χ4v) is 4.54. The molecule has 0 bridgehead atoms. The summed E-state index contributed by atoms with van der Waals surface area (Å²) in [6.45, 7) is 0.788. The zero-order chi connectivity index (χ0) is 21.4. The normalized spacial score (nSPS) is 11.7. The van der Waals surface area contributed by atoms with Crippen LogP contribution in [0.25, 0.3) is 0 Å². The van der Waals surface area contributed by atoms with Crippen LogP contribution in [0.3, 0.4) is 0 Å². The van der Waals surface area contributed by atoms with E-state index in [1.165, 1.54) is 89.0 Å². The number of benzene rings is 1. The van der Waals surface area contributed by atoms with Gasteiger partial charge in [0.15, 0.2) is 0 Å². The summed E-state index contributed by atoms with van der Waals surface area (Å²) < 4.78 is 5.39. The molecule has 168 valence electrons.